The Bertz CT molecular complexity index is 459. The van der Waals surface area contributed by atoms with Crippen molar-refractivity contribution in [2.75, 3.05) is 0 Å². The van der Waals surface area contributed by atoms with Crippen LogP contribution < -0.4 is 10.6 Å². The zero-order valence-corrected chi connectivity index (χ0v) is 12.1. The van der Waals surface area contributed by atoms with Gasteiger partial charge in [0.2, 0.25) is 0 Å². The van der Waals surface area contributed by atoms with Gasteiger partial charge in [-0.2, -0.15) is 0 Å². The van der Waals surface area contributed by atoms with Gasteiger partial charge in [0, 0.05) is 12.0 Å². The lowest BCUT2D eigenvalue weighted by Gasteiger charge is -2.56. The summed E-state index contributed by atoms with van der Waals surface area (Å²) in [5.74, 6) is 3.40. The van der Waals surface area contributed by atoms with E-state index in [1.54, 1.807) is 0 Å². The molecule has 5 heteroatoms. The maximum atomic E-state index is 12.2. The van der Waals surface area contributed by atoms with Crippen LogP contribution in [0.15, 0.2) is 0 Å². The molecule has 4 bridgehead atoms. The third-order valence-electron chi connectivity index (χ3n) is 5.34. The van der Waals surface area contributed by atoms with E-state index in [1.165, 1.54) is 19.3 Å². The second-order valence-electron chi connectivity index (χ2n) is 7.10. The molecule has 0 spiro atoms. The number of hydrogen-bond acceptors (Lipinski definition) is 2. The van der Waals surface area contributed by atoms with Gasteiger partial charge in [-0.05, 0) is 56.3 Å². The smallest absolute Gasteiger partial charge is 0.327 e. The van der Waals surface area contributed by atoms with Crippen molar-refractivity contribution in [1.29, 1.82) is 0 Å². The molecule has 1 atom stereocenters. The average Bonchev–Trinajstić information content (AvgIpc) is 2.35. The van der Waals surface area contributed by atoms with E-state index in [9.17, 15) is 9.59 Å². The van der Waals surface area contributed by atoms with Crippen LogP contribution in [-0.2, 0) is 4.79 Å². The molecule has 1 unspecified atom stereocenters. The zero-order chi connectivity index (χ0) is 15.0. The highest BCUT2D eigenvalue weighted by molar-refractivity contribution is 5.83. The molecule has 0 aromatic carbocycles. The first kappa shape index (κ1) is 14.2. The topological polar surface area (TPSA) is 78.4 Å². The fourth-order valence-corrected chi connectivity index (χ4v) is 5.02. The summed E-state index contributed by atoms with van der Waals surface area (Å²) in [6, 6.07) is -1.40. The molecule has 2 amide bonds. The molecule has 0 aromatic rings. The van der Waals surface area contributed by atoms with Crippen LogP contribution >= 0.6 is 0 Å². The molecule has 4 aliphatic carbocycles. The number of rotatable bonds is 4. The van der Waals surface area contributed by atoms with E-state index >= 15 is 0 Å². The number of amides is 2. The quantitative estimate of drug-likeness (QED) is 0.690. The lowest BCUT2D eigenvalue weighted by atomic mass is 9.53. The third-order valence-corrected chi connectivity index (χ3v) is 5.34. The van der Waals surface area contributed by atoms with E-state index in [0.29, 0.717) is 0 Å². The van der Waals surface area contributed by atoms with Crippen LogP contribution in [-0.4, -0.2) is 28.7 Å². The Balaban J connectivity index is 1.62. The van der Waals surface area contributed by atoms with Crippen LogP contribution in [0, 0.1) is 30.1 Å². The second kappa shape index (κ2) is 5.25. The standard InChI is InChI=1S/C16H22N2O3/c1-2-3-13(14(19)20)17-15(21)18-16-7-10-4-11(8-16)6-12(5-10)9-16/h1,10-13H,3-9H2,(H,19,20)(H2,17,18,21). The number of urea groups is 1. The summed E-state index contributed by atoms with van der Waals surface area (Å²) in [4.78, 5) is 23.2. The number of aliphatic carboxylic acids is 1. The Hall–Kier alpha value is -1.70. The fourth-order valence-electron chi connectivity index (χ4n) is 5.02. The maximum Gasteiger partial charge on any atom is 0.327 e. The highest BCUT2D eigenvalue weighted by Crippen LogP contribution is 2.55. The minimum atomic E-state index is -1.09. The summed E-state index contributed by atoms with van der Waals surface area (Å²) in [5.41, 5.74) is -0.113. The minimum absolute atomic E-state index is 0.00360. The fraction of sp³-hybridized carbons (Fsp3) is 0.750. The Morgan fingerprint density at radius 3 is 2.14 bits per heavy atom. The summed E-state index contributed by atoms with van der Waals surface area (Å²) >= 11 is 0. The van der Waals surface area contributed by atoms with Gasteiger partial charge in [0.25, 0.3) is 0 Å². The van der Waals surface area contributed by atoms with E-state index in [2.05, 4.69) is 16.6 Å². The minimum Gasteiger partial charge on any atom is -0.480 e. The Morgan fingerprint density at radius 2 is 1.71 bits per heavy atom. The van der Waals surface area contributed by atoms with Crippen LogP contribution in [0.3, 0.4) is 0 Å². The van der Waals surface area contributed by atoms with E-state index in [1.807, 2.05) is 0 Å². The molecular formula is C16H22N2O3. The van der Waals surface area contributed by atoms with Gasteiger partial charge in [-0.3, -0.25) is 0 Å². The Kier molecular flexibility index (Phi) is 3.56. The van der Waals surface area contributed by atoms with Crippen molar-refractivity contribution in [3.63, 3.8) is 0 Å². The van der Waals surface area contributed by atoms with Gasteiger partial charge in [-0.25, -0.2) is 9.59 Å². The van der Waals surface area contributed by atoms with Crippen molar-refractivity contribution < 1.29 is 14.7 Å². The molecule has 0 heterocycles. The van der Waals surface area contributed by atoms with E-state index < -0.39 is 12.0 Å². The second-order valence-corrected chi connectivity index (χ2v) is 7.10. The number of hydrogen-bond donors (Lipinski definition) is 3. The van der Waals surface area contributed by atoms with E-state index in [0.717, 1.165) is 37.0 Å². The van der Waals surface area contributed by atoms with Gasteiger partial charge in [0.1, 0.15) is 6.04 Å². The maximum absolute atomic E-state index is 12.2. The van der Waals surface area contributed by atoms with Crippen molar-refractivity contribution in [1.82, 2.24) is 10.6 Å². The van der Waals surface area contributed by atoms with Crippen molar-refractivity contribution >= 4 is 12.0 Å². The lowest BCUT2D eigenvalue weighted by Crippen LogP contribution is -2.62. The molecule has 4 saturated carbocycles. The molecular weight excluding hydrogens is 268 g/mol. The third kappa shape index (κ3) is 2.85. The highest BCUT2D eigenvalue weighted by Gasteiger charge is 2.51. The van der Waals surface area contributed by atoms with Gasteiger partial charge >= 0.3 is 12.0 Å². The van der Waals surface area contributed by atoms with Crippen molar-refractivity contribution in [3.8, 4) is 12.3 Å². The van der Waals surface area contributed by atoms with Gasteiger partial charge < -0.3 is 15.7 Å². The van der Waals surface area contributed by atoms with Gasteiger partial charge in [0.05, 0.1) is 0 Å². The van der Waals surface area contributed by atoms with Crippen LogP contribution in [0.2, 0.25) is 0 Å². The predicted octanol–water partition coefficient (Wildman–Crippen LogP) is 1.73. The average molecular weight is 290 g/mol. The van der Waals surface area contributed by atoms with Crippen LogP contribution in [0.4, 0.5) is 4.79 Å². The monoisotopic (exact) mass is 290 g/mol. The van der Waals surface area contributed by atoms with Gasteiger partial charge in [0.15, 0.2) is 0 Å². The van der Waals surface area contributed by atoms with Crippen molar-refractivity contribution in [3.05, 3.63) is 0 Å². The SMILES string of the molecule is C#CCC(NC(=O)NC12CC3CC(CC(C3)C1)C2)C(=O)O. The van der Waals surface area contributed by atoms with Crippen molar-refractivity contribution in [2.45, 2.75) is 56.5 Å². The summed E-state index contributed by atoms with van der Waals surface area (Å²) in [6.07, 6.45) is 12.2. The Morgan fingerprint density at radius 1 is 1.19 bits per heavy atom. The molecule has 4 rings (SSSR count). The summed E-state index contributed by atoms with van der Waals surface area (Å²) < 4.78 is 0. The van der Waals surface area contributed by atoms with E-state index in [-0.39, 0.29) is 18.0 Å². The highest BCUT2D eigenvalue weighted by atomic mass is 16.4. The largest absolute Gasteiger partial charge is 0.480 e. The number of nitrogens with one attached hydrogen (secondary N) is 2. The number of carbonyl (C=O) groups excluding carboxylic acids is 1. The van der Waals surface area contributed by atoms with E-state index in [4.69, 9.17) is 11.5 Å². The first-order chi connectivity index (χ1) is 9.99. The molecule has 21 heavy (non-hydrogen) atoms. The normalized spacial score (nSPS) is 37.6. The molecule has 4 aliphatic rings. The summed E-state index contributed by atoms with van der Waals surface area (Å²) in [7, 11) is 0. The number of carbonyl (C=O) groups is 2. The molecule has 0 aliphatic heterocycles. The zero-order valence-electron chi connectivity index (χ0n) is 12.1. The molecule has 0 aromatic heterocycles. The molecule has 114 valence electrons. The van der Waals surface area contributed by atoms with Crippen LogP contribution in [0.5, 0.6) is 0 Å². The van der Waals surface area contributed by atoms with Gasteiger partial charge in [-0.1, -0.05) is 0 Å². The lowest BCUT2D eigenvalue weighted by molar-refractivity contribution is -0.139. The molecule has 0 saturated heterocycles. The summed E-state index contributed by atoms with van der Waals surface area (Å²) in [6.45, 7) is 0. The predicted molar refractivity (Wildman–Crippen MR) is 77.4 cm³/mol. The number of carboxylic acids is 1. The van der Waals surface area contributed by atoms with Crippen LogP contribution in [0.1, 0.15) is 44.9 Å². The van der Waals surface area contributed by atoms with Gasteiger partial charge in [-0.15, -0.1) is 12.3 Å². The summed E-state index contributed by atoms with van der Waals surface area (Å²) in [5, 5.41) is 14.6. The first-order valence-corrected chi connectivity index (χ1v) is 7.74. The molecule has 3 N–H and O–H groups in total. The molecule has 4 fully saturated rings. The number of carboxylic acid groups (broad SMARTS) is 1. The first-order valence-electron chi connectivity index (χ1n) is 7.74. The van der Waals surface area contributed by atoms with Crippen LogP contribution in [0.25, 0.3) is 0 Å². The molecule has 0 radical (unpaired) electrons. The molecule has 5 nitrogen and oxygen atoms in total. The Labute approximate surface area is 124 Å². The number of terminal acetylenes is 1. The van der Waals surface area contributed by atoms with Crippen molar-refractivity contribution in [2.24, 2.45) is 17.8 Å².